The molecule has 0 spiro atoms. The maximum atomic E-state index is 13.6. The van der Waals surface area contributed by atoms with Gasteiger partial charge in [0.15, 0.2) is 0 Å². The molecule has 0 bridgehead atoms. The number of alkyl halides is 14. The van der Waals surface area contributed by atoms with E-state index in [1.165, 1.54) is 53.7 Å². The zero-order valence-corrected chi connectivity index (χ0v) is 76.1. The van der Waals surface area contributed by atoms with E-state index in [1.807, 2.05) is 18.3 Å². The number of benzene rings is 4. The molecule has 4 aliphatic heterocycles. The monoisotopic (exact) mass is 2230 g/mol. The number of carbonyl (C=O) groups is 3. The zero-order chi connectivity index (χ0) is 71.7. The number of fused-ring (bicyclic) bond motifs is 4. The van der Waals surface area contributed by atoms with Crippen LogP contribution in [0.4, 0.5) is 57.1 Å². The molecule has 0 saturated heterocycles. The first-order valence-electron chi connectivity index (χ1n) is 28.8. The van der Waals surface area contributed by atoms with Crippen LogP contribution in [0.3, 0.4) is 0 Å². The van der Waals surface area contributed by atoms with Crippen molar-refractivity contribution in [3.63, 3.8) is 0 Å². The Bertz CT molecular complexity index is 2940. The first kappa shape index (κ1) is 112. The molecule has 98 heavy (non-hydrogen) atoms. The minimum Gasteiger partial charge on any atom is -0.493 e. The molecule has 0 aliphatic carbocycles. The number of rotatable bonds is 11. The molecule has 0 amide bonds. The Morgan fingerprint density at radius 3 is 0.990 bits per heavy atom. The minimum absolute atomic E-state index is 0. The summed E-state index contributed by atoms with van der Waals surface area (Å²) < 4.78 is 187. The van der Waals surface area contributed by atoms with Gasteiger partial charge in [-0.15, -0.1) is 0 Å². The summed E-state index contributed by atoms with van der Waals surface area (Å²) in [5.74, 6) is -4.12. The number of carbonyl (C=O) groups excluding carboxylic acids is 3. The van der Waals surface area contributed by atoms with Gasteiger partial charge in [0, 0.05) is 163 Å². The molecule has 0 N–H and O–H groups in total. The SMILES string of the molecule is CC(C)(CC(=O)C(F)(F)F)c1cc(F)cc2c1OCC2.CC(C)(CC(=O)C(F)(F)F)c1cc(F)cc2c1OCC2.CC(C)=CC(=O)C(F)(F)F.CC(I)(I)I.CC(I)I.CCCC(C)(C)c1cc(F)cc2c1OCC2.CCc1cc(F)cc2c1OCC2.C[CH-]I.[CH2-]C.[CH3-].[CH3-].[V].[V].[V].[V]. The van der Waals surface area contributed by atoms with Crippen molar-refractivity contribution in [2.45, 2.75) is 191 Å². The Labute approximate surface area is 703 Å². The van der Waals surface area contributed by atoms with Gasteiger partial charge in [0.05, 0.1) is 28.4 Å². The van der Waals surface area contributed by atoms with Gasteiger partial charge in [0.25, 0.3) is 5.78 Å². The molecule has 4 aromatic rings. The van der Waals surface area contributed by atoms with Crippen LogP contribution in [0.15, 0.2) is 60.2 Å². The van der Waals surface area contributed by atoms with E-state index in [0.717, 1.165) is 79.9 Å². The van der Waals surface area contributed by atoms with Crippen molar-refractivity contribution >= 4 is 153 Å². The van der Waals surface area contributed by atoms with Gasteiger partial charge in [-0.3, -0.25) is 18.8 Å². The Kier molecular flexibility index (Phi) is 59.2. The summed E-state index contributed by atoms with van der Waals surface area (Å²) in [6.07, 6.45) is -9.70. The van der Waals surface area contributed by atoms with Crippen molar-refractivity contribution in [1.29, 1.82) is 0 Å². The van der Waals surface area contributed by atoms with Crippen LogP contribution in [0.2, 0.25) is 0 Å². The Morgan fingerprint density at radius 1 is 0.520 bits per heavy atom. The molecule has 0 unspecified atom stereocenters. The van der Waals surface area contributed by atoms with Crippen LogP contribution in [0, 0.1) is 49.5 Å². The van der Waals surface area contributed by atoms with E-state index in [2.05, 4.69) is 177 Å². The van der Waals surface area contributed by atoms with E-state index < -0.39 is 71.2 Å². The predicted octanol–water partition coefficient (Wildman–Crippen LogP) is 23.9. The standard InChI is InChI=1S/2C14H14F4O2.C14H19FO.C10H11FO.C6H7F3O.C2H3I3.C2H4I2.C2H4I.C2H5.2CH3.4V/c2*1-13(2,7-11(19)14(16,17)18)10-6-9(15)5-8-3-4-20-12(8)10;1-4-6-14(2,3)12-9-11(15)8-10-5-7-16-13(10)12;1-2-7-5-9(11)6-8-3-4-12-10(7)8;1-4(2)3-5(10)6(7,8)9;1-2(3,4)5;1-2(3)4;1-2-3;1-2;;;;;;/h2*5-6H,3-4,7H2,1-2H3;8-9H,4-7H2,1-3H3;5-6H,2-4H2,1H3;3H,1-2H3;1H3;2H,1H3;2H,1H3;1H2,2H3;2*1H3;;;;/q;;;;;;;4*-1;;;;. The van der Waals surface area contributed by atoms with Crippen molar-refractivity contribution < 1.29 is 165 Å². The maximum Gasteiger partial charge on any atom is 0.454 e. The fourth-order valence-electron chi connectivity index (χ4n) is 9.22. The predicted molar refractivity (Wildman–Crippen MR) is 403 cm³/mol. The van der Waals surface area contributed by atoms with Crippen molar-refractivity contribution in [1.82, 2.24) is 0 Å². The fourth-order valence-corrected chi connectivity index (χ4v) is 9.22. The van der Waals surface area contributed by atoms with E-state index in [0.29, 0.717) is 84.1 Å². The quantitative estimate of drug-likeness (QED) is 0.0486. The average Bonchev–Trinajstić information content (AvgIpc) is 1.48. The number of aryl methyl sites for hydroxylation is 1. The van der Waals surface area contributed by atoms with Crippen LogP contribution in [0.25, 0.3) is 0 Å². The van der Waals surface area contributed by atoms with Gasteiger partial charge >= 0.3 is 18.5 Å². The Morgan fingerprint density at radius 2 is 0.765 bits per heavy atom. The molecule has 0 aromatic heterocycles. The van der Waals surface area contributed by atoms with Crippen molar-refractivity contribution in [2.24, 2.45) is 0 Å². The van der Waals surface area contributed by atoms with Gasteiger partial charge < -0.3 is 63.3 Å². The summed E-state index contributed by atoms with van der Waals surface area (Å²) in [7, 11) is 0. The first-order valence-corrected chi connectivity index (χ1v) is 35.7. The summed E-state index contributed by atoms with van der Waals surface area (Å²) in [6, 6.07) is 11.3. The van der Waals surface area contributed by atoms with Crippen LogP contribution in [-0.2, 0) is 137 Å². The minimum atomic E-state index is -4.88. The number of hydrogen-bond donors (Lipinski definition) is 0. The zero-order valence-electron chi connectivity index (χ0n) is 57.6. The van der Waals surface area contributed by atoms with Gasteiger partial charge in [-0.1, -0.05) is 180 Å². The molecule has 7 nitrogen and oxygen atoms in total. The third kappa shape index (κ3) is 42.3. The molecule has 30 heteroatoms. The van der Waals surface area contributed by atoms with Crippen LogP contribution >= 0.6 is 136 Å². The second-order valence-corrected chi connectivity index (χ2v) is 42.9. The number of hydrogen-bond acceptors (Lipinski definition) is 7. The molecular formula is C68H87F13I6O7V4-4. The number of ether oxygens (including phenoxy) is 4. The third-order valence-electron chi connectivity index (χ3n) is 13.1. The fraction of sp³-hybridized carbons (Fsp3) is 0.515. The molecule has 0 saturated carbocycles. The van der Waals surface area contributed by atoms with Gasteiger partial charge in [0.2, 0.25) is 11.6 Å². The molecule has 4 aromatic carbocycles. The second-order valence-electron chi connectivity index (χ2n) is 22.8. The van der Waals surface area contributed by atoms with Gasteiger partial charge in [-0.05, 0) is 106 Å². The summed E-state index contributed by atoms with van der Waals surface area (Å²) in [4.78, 5) is 32.4. The topological polar surface area (TPSA) is 88.1 Å². The second kappa shape index (κ2) is 51.8. The molecule has 4 radical (unpaired) electrons. The normalized spacial score (nSPS) is 12.6. The van der Waals surface area contributed by atoms with Gasteiger partial charge in [-0.25, -0.2) is 17.6 Å². The molecule has 0 atom stereocenters. The van der Waals surface area contributed by atoms with Crippen LogP contribution in [0.1, 0.15) is 167 Å². The van der Waals surface area contributed by atoms with Crippen molar-refractivity contribution in [3.8, 4) is 23.0 Å². The first-order chi connectivity index (χ1) is 42.1. The number of allylic oxidation sites excluding steroid dienone is 2. The third-order valence-corrected chi connectivity index (χ3v) is 13.1. The van der Waals surface area contributed by atoms with Crippen molar-refractivity contribution in [2.75, 3.05) is 26.4 Å². The molecule has 558 valence electrons. The smallest absolute Gasteiger partial charge is 0.454 e. The summed E-state index contributed by atoms with van der Waals surface area (Å²) in [6.45, 7) is 30.7. The van der Waals surface area contributed by atoms with E-state index >= 15 is 0 Å². The van der Waals surface area contributed by atoms with Crippen LogP contribution in [0.5, 0.6) is 23.0 Å². The Balaban J connectivity index is -0.000000201. The molecular weight excluding hydrogens is 2140 g/mol. The number of ketones is 3. The molecule has 0 fully saturated rings. The summed E-state index contributed by atoms with van der Waals surface area (Å²) in [5, 5.41) is 0. The number of Topliss-reactive ketones (excluding diaryl/α,β-unsaturated/α-hetero) is 2. The van der Waals surface area contributed by atoms with E-state index in [1.54, 1.807) is 31.2 Å². The maximum absolute atomic E-state index is 13.6. The van der Waals surface area contributed by atoms with E-state index in [4.69, 9.17) is 18.9 Å². The molecule has 4 aliphatic rings. The molecule has 4 heterocycles. The largest absolute Gasteiger partial charge is 0.493 e. The van der Waals surface area contributed by atoms with E-state index in [-0.39, 0.29) is 106 Å². The van der Waals surface area contributed by atoms with E-state index in [9.17, 15) is 71.5 Å². The van der Waals surface area contributed by atoms with Gasteiger partial charge in [-0.2, -0.15) is 53.4 Å². The molecule has 8 rings (SSSR count). The summed E-state index contributed by atoms with van der Waals surface area (Å²) >= 11 is 13.9. The number of halogens is 19. The van der Waals surface area contributed by atoms with Crippen LogP contribution < -0.4 is 18.9 Å². The van der Waals surface area contributed by atoms with Crippen molar-refractivity contribution in [3.05, 3.63) is 154 Å². The average molecular weight is 2230 g/mol. The van der Waals surface area contributed by atoms with Crippen LogP contribution in [-0.4, -0.2) is 63.7 Å². The summed E-state index contributed by atoms with van der Waals surface area (Å²) in [5.41, 5.74) is 3.99. The van der Waals surface area contributed by atoms with Gasteiger partial charge in [0.1, 0.15) is 45.7 Å². The Hall–Kier alpha value is 0.638.